The first-order valence-electron chi connectivity index (χ1n) is 10.1. The summed E-state index contributed by atoms with van der Waals surface area (Å²) in [6.45, 7) is 2.06. The van der Waals surface area contributed by atoms with Gasteiger partial charge in [-0.3, -0.25) is 9.69 Å². The summed E-state index contributed by atoms with van der Waals surface area (Å²) in [5.74, 6) is -0.408. The third-order valence-corrected chi connectivity index (χ3v) is 5.81. The number of amides is 1. The number of alkyl halides is 3. The van der Waals surface area contributed by atoms with Gasteiger partial charge in [-0.05, 0) is 50.9 Å². The zero-order valence-electron chi connectivity index (χ0n) is 15.8. The van der Waals surface area contributed by atoms with E-state index in [9.17, 15) is 18.0 Å². The molecule has 2 unspecified atom stereocenters. The molecule has 2 aliphatic rings. The second-order valence-corrected chi connectivity index (χ2v) is 7.73. The second-order valence-electron chi connectivity index (χ2n) is 7.73. The zero-order chi connectivity index (χ0) is 19.3. The molecule has 6 heteroatoms. The fraction of sp³-hybridized carbons (Fsp3) is 0.667. The van der Waals surface area contributed by atoms with Crippen molar-refractivity contribution in [2.75, 3.05) is 18.0 Å². The predicted molar refractivity (Wildman–Crippen MR) is 101 cm³/mol. The smallest absolute Gasteiger partial charge is 0.308 e. The average Bonchev–Trinajstić information content (AvgIpc) is 3.07. The number of carbonyl (C=O) groups is 1. The van der Waals surface area contributed by atoms with Gasteiger partial charge in [0, 0.05) is 18.2 Å². The van der Waals surface area contributed by atoms with Crippen LogP contribution in [-0.4, -0.2) is 42.2 Å². The molecule has 0 bridgehead atoms. The zero-order valence-corrected chi connectivity index (χ0v) is 15.8. The number of benzene rings is 1. The highest BCUT2D eigenvalue weighted by atomic mass is 19.4. The lowest BCUT2D eigenvalue weighted by Crippen LogP contribution is -2.53. The fourth-order valence-electron chi connectivity index (χ4n) is 4.55. The lowest BCUT2D eigenvalue weighted by Gasteiger charge is -2.40. The van der Waals surface area contributed by atoms with E-state index in [4.69, 9.17) is 0 Å². The van der Waals surface area contributed by atoms with Gasteiger partial charge in [-0.25, -0.2) is 0 Å². The summed E-state index contributed by atoms with van der Waals surface area (Å²) < 4.78 is 38.2. The van der Waals surface area contributed by atoms with Gasteiger partial charge in [0.25, 0.3) is 0 Å². The lowest BCUT2D eigenvalue weighted by atomic mass is 9.98. The van der Waals surface area contributed by atoms with E-state index in [1.165, 1.54) is 0 Å². The number of halogens is 3. The molecule has 1 saturated carbocycles. The van der Waals surface area contributed by atoms with Crippen LogP contribution < -0.4 is 4.90 Å². The second kappa shape index (κ2) is 9.09. The maximum absolute atomic E-state index is 13.0. The maximum atomic E-state index is 13.0. The number of hydrogen-bond acceptors (Lipinski definition) is 2. The van der Waals surface area contributed by atoms with E-state index in [0.717, 1.165) is 63.7 Å². The molecule has 27 heavy (non-hydrogen) atoms. The molecule has 150 valence electrons. The van der Waals surface area contributed by atoms with Crippen LogP contribution >= 0.6 is 0 Å². The summed E-state index contributed by atoms with van der Waals surface area (Å²) in [5.41, 5.74) is 0.723. The van der Waals surface area contributed by atoms with Crippen molar-refractivity contribution >= 4 is 11.6 Å². The van der Waals surface area contributed by atoms with Crippen LogP contribution in [0.3, 0.4) is 0 Å². The Kier molecular flexibility index (Phi) is 6.79. The van der Waals surface area contributed by atoms with Crippen LogP contribution in [0.15, 0.2) is 30.3 Å². The standard InChI is InChI=1S/C21H29F3N2O/c22-21(23,24)14-13-20(27)26(17-9-3-1-4-10-17)19-12-6-2-5-11-18(19)25-15-7-8-16-25/h1,3-4,9-10,18-19H,2,5-8,11-16H2. The number of nitrogens with zero attached hydrogens (tertiary/aromatic N) is 2. The molecule has 1 aromatic carbocycles. The summed E-state index contributed by atoms with van der Waals surface area (Å²) in [7, 11) is 0. The van der Waals surface area contributed by atoms with Crippen molar-refractivity contribution in [3.05, 3.63) is 30.3 Å². The van der Waals surface area contributed by atoms with Crippen molar-refractivity contribution in [2.24, 2.45) is 0 Å². The molecule has 0 spiro atoms. The lowest BCUT2D eigenvalue weighted by molar-refractivity contribution is -0.143. The van der Waals surface area contributed by atoms with Crippen molar-refractivity contribution in [3.8, 4) is 0 Å². The van der Waals surface area contributed by atoms with Gasteiger partial charge in [0.15, 0.2) is 0 Å². The van der Waals surface area contributed by atoms with Gasteiger partial charge in [0.1, 0.15) is 0 Å². The molecule has 0 aromatic heterocycles. The highest BCUT2D eigenvalue weighted by molar-refractivity contribution is 5.94. The molecule has 3 nitrogen and oxygen atoms in total. The molecule has 3 rings (SSSR count). The summed E-state index contributed by atoms with van der Waals surface area (Å²) in [6, 6.07) is 9.45. The van der Waals surface area contributed by atoms with Gasteiger partial charge in [-0.15, -0.1) is 0 Å². The van der Waals surface area contributed by atoms with Crippen LogP contribution in [0, 0.1) is 0 Å². The van der Waals surface area contributed by atoms with E-state index in [2.05, 4.69) is 4.90 Å². The monoisotopic (exact) mass is 382 g/mol. The first-order valence-corrected chi connectivity index (χ1v) is 10.1. The number of likely N-dealkylation sites (tertiary alicyclic amines) is 1. The van der Waals surface area contributed by atoms with Gasteiger partial charge in [0.2, 0.25) is 5.91 Å². The van der Waals surface area contributed by atoms with E-state index >= 15 is 0 Å². The normalized spacial score (nSPS) is 24.6. The number of para-hydroxylation sites is 1. The molecule has 1 amide bonds. The van der Waals surface area contributed by atoms with Crippen LogP contribution in [0.5, 0.6) is 0 Å². The molecular weight excluding hydrogens is 353 g/mol. The highest BCUT2D eigenvalue weighted by Crippen LogP contribution is 2.33. The minimum absolute atomic E-state index is 0.0475. The molecule has 1 aromatic rings. The molecule has 1 aliphatic heterocycles. The van der Waals surface area contributed by atoms with E-state index in [1.807, 2.05) is 30.3 Å². The number of hydrogen-bond donors (Lipinski definition) is 0. The molecule has 0 N–H and O–H groups in total. The molecule has 2 fully saturated rings. The Morgan fingerprint density at radius 3 is 2.33 bits per heavy atom. The summed E-state index contributed by atoms with van der Waals surface area (Å²) in [4.78, 5) is 17.1. The third-order valence-electron chi connectivity index (χ3n) is 5.81. The van der Waals surface area contributed by atoms with E-state index in [-0.39, 0.29) is 12.1 Å². The van der Waals surface area contributed by atoms with Crippen molar-refractivity contribution < 1.29 is 18.0 Å². The van der Waals surface area contributed by atoms with Gasteiger partial charge < -0.3 is 4.90 Å². The summed E-state index contributed by atoms with van der Waals surface area (Å²) in [6.07, 6.45) is 1.61. The van der Waals surface area contributed by atoms with Gasteiger partial charge in [-0.2, -0.15) is 13.2 Å². The van der Waals surface area contributed by atoms with Gasteiger partial charge in [0.05, 0.1) is 12.5 Å². The Hall–Kier alpha value is -1.56. The molecule has 2 atom stereocenters. The minimum Gasteiger partial charge on any atom is -0.308 e. The number of rotatable bonds is 5. The Balaban J connectivity index is 1.88. The van der Waals surface area contributed by atoms with E-state index in [0.29, 0.717) is 0 Å². The maximum Gasteiger partial charge on any atom is 0.389 e. The Morgan fingerprint density at radius 1 is 1.00 bits per heavy atom. The topological polar surface area (TPSA) is 23.6 Å². The fourth-order valence-corrected chi connectivity index (χ4v) is 4.55. The van der Waals surface area contributed by atoms with Gasteiger partial charge >= 0.3 is 6.18 Å². The van der Waals surface area contributed by atoms with Crippen LogP contribution in [0.25, 0.3) is 0 Å². The highest BCUT2D eigenvalue weighted by Gasteiger charge is 2.38. The largest absolute Gasteiger partial charge is 0.389 e. The minimum atomic E-state index is -4.31. The first-order chi connectivity index (χ1) is 13.0. The Bertz CT molecular complexity index is 599. The number of anilines is 1. The molecular formula is C21H29F3N2O. The summed E-state index contributed by atoms with van der Waals surface area (Å²) in [5, 5.41) is 0. The van der Waals surface area contributed by atoms with Crippen molar-refractivity contribution in [3.63, 3.8) is 0 Å². The SMILES string of the molecule is O=C(CCC(F)(F)F)N(c1ccccc1)C1CCCCCC1N1CCCC1. The third kappa shape index (κ3) is 5.47. The van der Waals surface area contributed by atoms with Crippen molar-refractivity contribution in [1.82, 2.24) is 4.90 Å². The van der Waals surface area contributed by atoms with Crippen LogP contribution in [0.1, 0.15) is 57.8 Å². The molecule has 1 saturated heterocycles. The van der Waals surface area contributed by atoms with Crippen LogP contribution in [0.2, 0.25) is 0 Å². The summed E-state index contributed by atoms with van der Waals surface area (Å²) >= 11 is 0. The molecule has 1 aliphatic carbocycles. The predicted octanol–water partition coefficient (Wildman–Crippen LogP) is 5.16. The first kappa shape index (κ1) is 20.2. The average molecular weight is 382 g/mol. The van der Waals surface area contributed by atoms with E-state index in [1.54, 1.807) is 4.90 Å². The van der Waals surface area contributed by atoms with Crippen molar-refractivity contribution in [2.45, 2.75) is 76.0 Å². The molecule has 1 heterocycles. The molecule has 0 radical (unpaired) electrons. The van der Waals surface area contributed by atoms with Crippen LogP contribution in [0.4, 0.5) is 18.9 Å². The van der Waals surface area contributed by atoms with E-state index < -0.39 is 24.9 Å². The van der Waals surface area contributed by atoms with Crippen molar-refractivity contribution in [1.29, 1.82) is 0 Å². The Labute approximate surface area is 159 Å². The Morgan fingerprint density at radius 2 is 1.67 bits per heavy atom. The van der Waals surface area contributed by atoms with Crippen LogP contribution in [-0.2, 0) is 4.79 Å². The quantitative estimate of drug-likeness (QED) is 0.657. The number of carbonyl (C=O) groups excluding carboxylic acids is 1. The van der Waals surface area contributed by atoms with Gasteiger partial charge in [-0.1, -0.05) is 37.5 Å².